The van der Waals surface area contributed by atoms with E-state index in [4.69, 9.17) is 0 Å². The van der Waals surface area contributed by atoms with Gasteiger partial charge in [0.15, 0.2) is 0 Å². The largest absolute Gasteiger partial charge is 0.258 e. The number of hydrogen-bond acceptors (Lipinski definition) is 2. The van der Waals surface area contributed by atoms with Crippen molar-refractivity contribution in [1.82, 2.24) is 10.9 Å². The van der Waals surface area contributed by atoms with Gasteiger partial charge in [0.05, 0.1) is 0 Å². The van der Waals surface area contributed by atoms with Crippen molar-refractivity contribution in [2.24, 2.45) is 40.4 Å². The zero-order valence-corrected chi connectivity index (χ0v) is 14.3. The lowest BCUT2D eigenvalue weighted by atomic mass is 9.46. The summed E-state index contributed by atoms with van der Waals surface area (Å²) in [5, 5.41) is 0. The molecule has 0 aromatic heterocycles. The zero-order chi connectivity index (χ0) is 14.7. The number of fused-ring (bicyclic) bond motifs is 5. The van der Waals surface area contributed by atoms with Gasteiger partial charge in [-0.2, -0.15) is 0 Å². The Morgan fingerprint density at radius 3 is 2.52 bits per heavy atom. The van der Waals surface area contributed by atoms with E-state index in [0.29, 0.717) is 10.8 Å². The van der Waals surface area contributed by atoms with Crippen molar-refractivity contribution in [2.45, 2.75) is 65.7 Å². The predicted octanol–water partition coefficient (Wildman–Crippen LogP) is 3.98. The van der Waals surface area contributed by atoms with Crippen LogP contribution in [0, 0.1) is 40.4 Å². The maximum absolute atomic E-state index is 3.50. The Kier molecular flexibility index (Phi) is 3.43. The second-order valence-corrected chi connectivity index (χ2v) is 9.12. The Balaban J connectivity index is 1.62. The molecule has 0 radical (unpaired) electrons. The first kappa shape index (κ1) is 14.5. The lowest BCUT2D eigenvalue weighted by Gasteiger charge is -2.60. The van der Waals surface area contributed by atoms with Gasteiger partial charge in [0.1, 0.15) is 0 Å². The summed E-state index contributed by atoms with van der Waals surface area (Å²) in [5.74, 6) is 4.97. The van der Waals surface area contributed by atoms with Crippen molar-refractivity contribution in [1.29, 1.82) is 0 Å². The van der Waals surface area contributed by atoms with Crippen LogP contribution in [0.15, 0.2) is 0 Å². The molecule has 1 saturated heterocycles. The third-order valence-electron chi connectivity index (χ3n) is 8.70. The van der Waals surface area contributed by atoms with E-state index < -0.39 is 0 Å². The normalized spacial score (nSPS) is 56.4. The van der Waals surface area contributed by atoms with Crippen molar-refractivity contribution >= 4 is 0 Å². The summed E-state index contributed by atoms with van der Waals surface area (Å²) >= 11 is 0. The van der Waals surface area contributed by atoms with Crippen LogP contribution in [0.4, 0.5) is 0 Å². The van der Waals surface area contributed by atoms with E-state index in [1.807, 2.05) is 0 Å². The maximum Gasteiger partial charge on any atom is 0.0160 e. The summed E-state index contributed by atoms with van der Waals surface area (Å²) in [7, 11) is 0. The zero-order valence-electron chi connectivity index (χ0n) is 14.3. The van der Waals surface area contributed by atoms with Gasteiger partial charge in [-0.15, -0.1) is 0 Å². The van der Waals surface area contributed by atoms with Gasteiger partial charge in [-0.3, -0.25) is 10.9 Å². The predicted molar refractivity (Wildman–Crippen MR) is 87.7 cm³/mol. The first-order valence-corrected chi connectivity index (χ1v) is 9.55. The molecule has 0 amide bonds. The molecule has 1 aliphatic heterocycles. The molecule has 120 valence electrons. The fourth-order valence-corrected chi connectivity index (χ4v) is 7.37. The molecule has 0 bridgehead atoms. The lowest BCUT2D eigenvalue weighted by molar-refractivity contribution is -0.105. The van der Waals surface area contributed by atoms with Crippen LogP contribution < -0.4 is 10.9 Å². The van der Waals surface area contributed by atoms with Crippen LogP contribution in [0.2, 0.25) is 0 Å². The molecule has 0 spiro atoms. The first-order chi connectivity index (χ1) is 10.1. The summed E-state index contributed by atoms with van der Waals surface area (Å²) in [6, 6.07) is 0. The van der Waals surface area contributed by atoms with Gasteiger partial charge in [-0.1, -0.05) is 27.2 Å². The number of hydrazine groups is 1. The lowest BCUT2D eigenvalue weighted by Crippen LogP contribution is -2.62. The molecule has 0 aromatic rings. The van der Waals surface area contributed by atoms with Crippen LogP contribution >= 0.6 is 0 Å². The van der Waals surface area contributed by atoms with Gasteiger partial charge < -0.3 is 0 Å². The van der Waals surface area contributed by atoms with Crippen molar-refractivity contribution < 1.29 is 0 Å². The molecule has 4 rings (SSSR count). The van der Waals surface area contributed by atoms with Gasteiger partial charge >= 0.3 is 0 Å². The van der Waals surface area contributed by atoms with Crippen molar-refractivity contribution in [3.63, 3.8) is 0 Å². The molecule has 7 atom stereocenters. The average Bonchev–Trinajstić information content (AvgIpc) is 2.83. The standard InChI is InChI=1S/C19H34N2/c1-4-13-6-8-16-15-7-5-14-11-20-21-12-19(14,3)17(15)9-10-18(13,16)2/h13-17,20-21H,4-12H2,1-3H3/t13-,14?,15-,16-,17-,18+,19-/m0/s1. The SMILES string of the molecule is CC[C@H]1CC[C@H]2[C@@H]3CCC4CNNC[C@]4(C)[C@H]3CC[C@]12C. The molecule has 3 saturated carbocycles. The third kappa shape index (κ3) is 1.91. The van der Waals surface area contributed by atoms with Crippen LogP contribution in [-0.4, -0.2) is 13.1 Å². The number of hydrogen-bond donors (Lipinski definition) is 2. The summed E-state index contributed by atoms with van der Waals surface area (Å²) < 4.78 is 0. The van der Waals surface area contributed by atoms with Crippen LogP contribution in [0.1, 0.15) is 65.7 Å². The molecule has 1 unspecified atom stereocenters. The van der Waals surface area contributed by atoms with Gasteiger partial charge in [0, 0.05) is 13.1 Å². The summed E-state index contributed by atoms with van der Waals surface area (Å²) in [4.78, 5) is 0. The first-order valence-electron chi connectivity index (χ1n) is 9.55. The second kappa shape index (κ2) is 4.96. The molecule has 2 N–H and O–H groups in total. The molecule has 4 fully saturated rings. The number of rotatable bonds is 1. The molecule has 1 heterocycles. The van der Waals surface area contributed by atoms with E-state index in [0.717, 1.165) is 29.6 Å². The van der Waals surface area contributed by atoms with E-state index >= 15 is 0 Å². The van der Waals surface area contributed by atoms with E-state index in [-0.39, 0.29) is 0 Å². The Morgan fingerprint density at radius 1 is 0.905 bits per heavy atom. The molecule has 4 aliphatic rings. The topological polar surface area (TPSA) is 24.1 Å². The maximum atomic E-state index is 3.50. The summed E-state index contributed by atoms with van der Waals surface area (Å²) in [5.41, 5.74) is 8.16. The molecule has 21 heavy (non-hydrogen) atoms. The van der Waals surface area contributed by atoms with Crippen LogP contribution in [0.3, 0.4) is 0 Å². The van der Waals surface area contributed by atoms with Crippen LogP contribution in [0.5, 0.6) is 0 Å². The Hall–Kier alpha value is -0.0800. The minimum absolute atomic E-state index is 0.555. The fourth-order valence-electron chi connectivity index (χ4n) is 7.37. The Morgan fingerprint density at radius 2 is 1.71 bits per heavy atom. The van der Waals surface area contributed by atoms with Gasteiger partial charge in [-0.05, 0) is 78.9 Å². The van der Waals surface area contributed by atoms with E-state index in [1.165, 1.54) is 58.0 Å². The molecule has 2 nitrogen and oxygen atoms in total. The quantitative estimate of drug-likeness (QED) is 0.763. The molecular weight excluding hydrogens is 256 g/mol. The highest BCUT2D eigenvalue weighted by atomic mass is 15.4. The highest BCUT2D eigenvalue weighted by Gasteiger charge is 2.59. The fraction of sp³-hybridized carbons (Fsp3) is 1.00. The number of nitrogens with one attached hydrogen (secondary N) is 2. The van der Waals surface area contributed by atoms with Crippen molar-refractivity contribution in [3.8, 4) is 0 Å². The van der Waals surface area contributed by atoms with Gasteiger partial charge in [0.2, 0.25) is 0 Å². The third-order valence-corrected chi connectivity index (χ3v) is 8.70. The van der Waals surface area contributed by atoms with E-state index in [2.05, 4.69) is 31.6 Å². The Labute approximate surface area is 130 Å². The highest BCUT2D eigenvalue weighted by Crippen LogP contribution is 2.65. The van der Waals surface area contributed by atoms with Crippen LogP contribution in [-0.2, 0) is 0 Å². The van der Waals surface area contributed by atoms with E-state index in [1.54, 1.807) is 0 Å². The minimum atomic E-state index is 0.555. The highest BCUT2D eigenvalue weighted by molar-refractivity contribution is 5.09. The monoisotopic (exact) mass is 290 g/mol. The smallest absolute Gasteiger partial charge is 0.0160 e. The summed E-state index contributed by atoms with van der Waals surface area (Å²) in [6.07, 6.45) is 10.5. The van der Waals surface area contributed by atoms with Crippen molar-refractivity contribution in [3.05, 3.63) is 0 Å². The minimum Gasteiger partial charge on any atom is -0.258 e. The molecule has 2 heteroatoms. The van der Waals surface area contributed by atoms with Crippen molar-refractivity contribution in [2.75, 3.05) is 13.1 Å². The van der Waals surface area contributed by atoms with E-state index in [9.17, 15) is 0 Å². The molecular formula is C19H34N2. The molecule has 0 aromatic carbocycles. The second-order valence-electron chi connectivity index (χ2n) is 9.12. The van der Waals surface area contributed by atoms with Gasteiger partial charge in [0.25, 0.3) is 0 Å². The van der Waals surface area contributed by atoms with Crippen LogP contribution in [0.25, 0.3) is 0 Å². The van der Waals surface area contributed by atoms with Gasteiger partial charge in [-0.25, -0.2) is 0 Å². The average molecular weight is 290 g/mol. The summed E-state index contributed by atoms with van der Waals surface area (Å²) in [6.45, 7) is 10.1. The Bertz CT molecular complexity index is 408. The molecule has 3 aliphatic carbocycles.